The van der Waals surface area contributed by atoms with E-state index in [4.69, 9.17) is 23.8 Å². The fourth-order valence-electron chi connectivity index (χ4n) is 4.86. The average molecular weight is 446 g/mol. The lowest BCUT2D eigenvalue weighted by molar-refractivity contribution is 0.122. The summed E-state index contributed by atoms with van der Waals surface area (Å²) in [6, 6.07) is 15.5. The quantitative estimate of drug-likeness (QED) is 0.582. The summed E-state index contributed by atoms with van der Waals surface area (Å²) in [6.07, 6.45) is 7.21. The molecule has 2 aromatic rings. The molecule has 3 nitrogen and oxygen atoms in total. The summed E-state index contributed by atoms with van der Waals surface area (Å²) in [5.74, 6) is 0.506. The third-order valence-corrected chi connectivity index (χ3v) is 6.93. The van der Waals surface area contributed by atoms with Gasteiger partial charge in [-0.2, -0.15) is 0 Å². The summed E-state index contributed by atoms with van der Waals surface area (Å²) < 4.78 is 13.1. The standard InChI is InChI=1S/C24H29ClFN3S/c25-19-6-4-17(5-7-19)16-18-12-14-29(15-13-18)23-3-1-2-22(23)28-24(30)27-21-10-8-20(26)9-11-21/h4-11,18,22-23H,1-3,12-16H2,(H2,27,28,30)/t22-,23-/m1/s1. The lowest BCUT2D eigenvalue weighted by Crippen LogP contribution is -2.51. The number of piperidine rings is 1. The predicted octanol–water partition coefficient (Wildman–Crippen LogP) is 5.64. The topological polar surface area (TPSA) is 27.3 Å². The molecular weight excluding hydrogens is 417 g/mol. The van der Waals surface area contributed by atoms with Crippen LogP contribution in [0.15, 0.2) is 48.5 Å². The lowest BCUT2D eigenvalue weighted by atomic mass is 9.89. The zero-order valence-corrected chi connectivity index (χ0v) is 18.7. The zero-order valence-electron chi connectivity index (χ0n) is 17.1. The van der Waals surface area contributed by atoms with Gasteiger partial charge in [-0.15, -0.1) is 0 Å². The third kappa shape index (κ3) is 5.71. The first-order valence-electron chi connectivity index (χ1n) is 10.9. The van der Waals surface area contributed by atoms with Crippen molar-refractivity contribution in [1.29, 1.82) is 0 Å². The summed E-state index contributed by atoms with van der Waals surface area (Å²) >= 11 is 11.5. The summed E-state index contributed by atoms with van der Waals surface area (Å²) in [6.45, 7) is 2.30. The van der Waals surface area contributed by atoms with Crippen molar-refractivity contribution in [3.8, 4) is 0 Å². The van der Waals surface area contributed by atoms with Gasteiger partial charge in [-0.25, -0.2) is 4.39 Å². The Morgan fingerprint density at radius 3 is 2.40 bits per heavy atom. The number of likely N-dealkylation sites (tertiary alicyclic amines) is 1. The van der Waals surface area contributed by atoms with Gasteiger partial charge in [-0.3, -0.25) is 4.90 Å². The van der Waals surface area contributed by atoms with E-state index in [-0.39, 0.29) is 5.82 Å². The normalized spacial score (nSPS) is 22.7. The molecule has 0 unspecified atom stereocenters. The molecular formula is C24H29ClFN3S. The van der Waals surface area contributed by atoms with E-state index in [0.29, 0.717) is 17.2 Å². The highest BCUT2D eigenvalue weighted by Gasteiger charge is 2.34. The van der Waals surface area contributed by atoms with Crippen molar-refractivity contribution in [1.82, 2.24) is 10.2 Å². The molecule has 6 heteroatoms. The van der Waals surface area contributed by atoms with Crippen LogP contribution in [-0.4, -0.2) is 35.2 Å². The van der Waals surface area contributed by atoms with E-state index >= 15 is 0 Å². The predicted molar refractivity (Wildman–Crippen MR) is 127 cm³/mol. The van der Waals surface area contributed by atoms with Crippen LogP contribution in [0.5, 0.6) is 0 Å². The molecule has 4 rings (SSSR count). The molecule has 30 heavy (non-hydrogen) atoms. The Balaban J connectivity index is 1.26. The van der Waals surface area contributed by atoms with Crippen molar-refractivity contribution in [3.05, 3.63) is 64.9 Å². The van der Waals surface area contributed by atoms with Gasteiger partial charge in [0.25, 0.3) is 0 Å². The molecule has 0 aromatic heterocycles. The SMILES string of the molecule is Fc1ccc(NC(=S)N[C@@H]2CCC[C@H]2N2CCC(Cc3ccc(Cl)cc3)CC2)cc1. The van der Waals surface area contributed by atoms with Crippen molar-refractivity contribution >= 4 is 34.6 Å². The molecule has 1 heterocycles. The molecule has 2 aromatic carbocycles. The lowest BCUT2D eigenvalue weighted by Gasteiger charge is -2.39. The Kier molecular flexibility index (Phi) is 7.24. The summed E-state index contributed by atoms with van der Waals surface area (Å²) in [5.41, 5.74) is 2.20. The molecule has 0 radical (unpaired) electrons. The maximum absolute atomic E-state index is 13.1. The van der Waals surface area contributed by atoms with Crippen LogP contribution in [-0.2, 0) is 6.42 Å². The van der Waals surface area contributed by atoms with E-state index in [2.05, 4.69) is 27.7 Å². The molecule has 1 saturated carbocycles. The molecule has 1 aliphatic carbocycles. The molecule has 2 N–H and O–H groups in total. The number of anilines is 1. The highest BCUT2D eigenvalue weighted by molar-refractivity contribution is 7.80. The Labute approximate surface area is 189 Å². The zero-order chi connectivity index (χ0) is 20.9. The maximum Gasteiger partial charge on any atom is 0.171 e. The van der Waals surface area contributed by atoms with Crippen molar-refractivity contribution in [3.63, 3.8) is 0 Å². The van der Waals surface area contributed by atoms with Crippen LogP contribution in [0.2, 0.25) is 5.02 Å². The number of thiocarbonyl (C=S) groups is 1. The second kappa shape index (κ2) is 10.1. The highest BCUT2D eigenvalue weighted by Crippen LogP contribution is 2.30. The van der Waals surface area contributed by atoms with Crippen LogP contribution < -0.4 is 10.6 Å². The Bertz CT molecular complexity index is 835. The molecule has 160 valence electrons. The molecule has 2 atom stereocenters. The Morgan fingerprint density at radius 1 is 1.00 bits per heavy atom. The van der Waals surface area contributed by atoms with E-state index in [0.717, 1.165) is 42.6 Å². The monoisotopic (exact) mass is 445 g/mol. The molecule has 1 saturated heterocycles. The van der Waals surface area contributed by atoms with Gasteiger partial charge in [0.05, 0.1) is 0 Å². The molecule has 0 spiro atoms. The summed E-state index contributed by atoms with van der Waals surface area (Å²) in [5, 5.41) is 8.13. The van der Waals surface area contributed by atoms with Crippen molar-refractivity contribution < 1.29 is 4.39 Å². The number of nitrogens with one attached hydrogen (secondary N) is 2. The van der Waals surface area contributed by atoms with Crippen LogP contribution in [0.4, 0.5) is 10.1 Å². The van der Waals surface area contributed by atoms with Gasteiger partial charge in [-0.1, -0.05) is 23.7 Å². The Hall–Kier alpha value is -1.69. The van der Waals surface area contributed by atoms with Crippen LogP contribution >= 0.6 is 23.8 Å². The van der Waals surface area contributed by atoms with Gasteiger partial charge in [0.15, 0.2) is 5.11 Å². The number of hydrogen-bond donors (Lipinski definition) is 2. The van der Waals surface area contributed by atoms with E-state index in [1.54, 1.807) is 12.1 Å². The number of nitrogens with zero attached hydrogens (tertiary/aromatic N) is 1. The fraction of sp³-hybridized carbons (Fsp3) is 0.458. The van der Waals surface area contributed by atoms with Gasteiger partial charge in [0, 0.05) is 22.8 Å². The molecule has 1 aliphatic heterocycles. The molecule has 0 bridgehead atoms. The molecule has 2 fully saturated rings. The maximum atomic E-state index is 13.1. The van der Waals surface area contributed by atoms with Gasteiger partial charge >= 0.3 is 0 Å². The number of rotatable bonds is 5. The van der Waals surface area contributed by atoms with Crippen molar-refractivity contribution in [2.24, 2.45) is 5.92 Å². The van der Waals surface area contributed by atoms with E-state index in [1.165, 1.54) is 43.4 Å². The van der Waals surface area contributed by atoms with Gasteiger partial charge in [-0.05, 0) is 112 Å². The van der Waals surface area contributed by atoms with Crippen molar-refractivity contribution in [2.75, 3.05) is 18.4 Å². The van der Waals surface area contributed by atoms with Crippen LogP contribution in [0, 0.1) is 11.7 Å². The first-order chi connectivity index (χ1) is 14.6. The minimum Gasteiger partial charge on any atom is -0.358 e. The average Bonchev–Trinajstić information content (AvgIpc) is 3.20. The van der Waals surface area contributed by atoms with E-state index < -0.39 is 0 Å². The number of benzene rings is 2. The minimum absolute atomic E-state index is 0.241. The largest absolute Gasteiger partial charge is 0.358 e. The second-order valence-corrected chi connectivity index (χ2v) is 9.36. The Morgan fingerprint density at radius 2 is 1.70 bits per heavy atom. The van der Waals surface area contributed by atoms with Gasteiger partial charge < -0.3 is 10.6 Å². The smallest absolute Gasteiger partial charge is 0.171 e. The number of halogens is 2. The second-order valence-electron chi connectivity index (χ2n) is 8.52. The van der Waals surface area contributed by atoms with E-state index in [9.17, 15) is 4.39 Å². The molecule has 0 amide bonds. The van der Waals surface area contributed by atoms with Crippen molar-refractivity contribution in [2.45, 2.75) is 50.6 Å². The van der Waals surface area contributed by atoms with Crippen LogP contribution in [0.1, 0.15) is 37.7 Å². The van der Waals surface area contributed by atoms with Crippen LogP contribution in [0.3, 0.4) is 0 Å². The highest BCUT2D eigenvalue weighted by atomic mass is 35.5. The van der Waals surface area contributed by atoms with E-state index in [1.807, 2.05) is 12.1 Å². The van der Waals surface area contributed by atoms with Gasteiger partial charge in [0.2, 0.25) is 0 Å². The van der Waals surface area contributed by atoms with Gasteiger partial charge in [0.1, 0.15) is 5.82 Å². The minimum atomic E-state index is -0.241. The fourth-order valence-corrected chi connectivity index (χ4v) is 5.25. The number of hydrogen-bond acceptors (Lipinski definition) is 2. The first kappa shape index (κ1) is 21.5. The first-order valence-corrected chi connectivity index (χ1v) is 11.7. The molecule has 2 aliphatic rings. The summed E-state index contributed by atoms with van der Waals surface area (Å²) in [4.78, 5) is 2.66. The van der Waals surface area contributed by atoms with Crippen LogP contribution in [0.25, 0.3) is 0 Å². The third-order valence-electron chi connectivity index (χ3n) is 6.45. The summed E-state index contributed by atoms with van der Waals surface area (Å²) in [7, 11) is 0.